The lowest BCUT2D eigenvalue weighted by Gasteiger charge is -2.38. The van der Waals surface area contributed by atoms with E-state index in [0.717, 1.165) is 12.1 Å². The average Bonchev–Trinajstić information content (AvgIpc) is 2.45. The largest absolute Gasteiger partial charge is 0.508 e. The van der Waals surface area contributed by atoms with Crippen molar-refractivity contribution < 1.29 is 35.1 Å². The van der Waals surface area contributed by atoms with Crippen molar-refractivity contribution in [2.75, 3.05) is 0 Å². The predicted molar refractivity (Wildman–Crippen MR) is 70.8 cm³/mol. The standard InChI is InChI=1S/C14H18O7/c1-6-4-10(12(18)13(19)11(6)17)21-14(20)8-5-7(15)2-3-9(8)16/h2-3,5-6,10-13,15-19H,4H2,1H3/t6-,10+,11-,12+,13-/m1/s1. The number of phenolic OH excluding ortho intramolecular Hbond substituents is 2. The van der Waals surface area contributed by atoms with Gasteiger partial charge in [-0.05, 0) is 30.5 Å². The zero-order valence-electron chi connectivity index (χ0n) is 11.4. The molecule has 1 aliphatic rings. The molecule has 2 rings (SSSR count). The van der Waals surface area contributed by atoms with Crippen molar-refractivity contribution in [1.82, 2.24) is 0 Å². The highest BCUT2D eigenvalue weighted by molar-refractivity contribution is 5.93. The van der Waals surface area contributed by atoms with E-state index in [-0.39, 0.29) is 29.4 Å². The predicted octanol–water partition coefficient (Wildman–Crippen LogP) is -0.254. The minimum Gasteiger partial charge on any atom is -0.508 e. The molecule has 1 aromatic rings. The Hall–Kier alpha value is -1.83. The first kappa shape index (κ1) is 15.6. The molecule has 21 heavy (non-hydrogen) atoms. The summed E-state index contributed by atoms with van der Waals surface area (Å²) in [7, 11) is 0. The number of rotatable bonds is 2. The summed E-state index contributed by atoms with van der Waals surface area (Å²) in [6.45, 7) is 1.66. The van der Waals surface area contributed by atoms with Gasteiger partial charge in [-0.1, -0.05) is 6.92 Å². The fourth-order valence-electron chi connectivity index (χ4n) is 2.41. The summed E-state index contributed by atoms with van der Waals surface area (Å²) >= 11 is 0. The van der Waals surface area contributed by atoms with E-state index in [4.69, 9.17) is 4.74 Å². The van der Waals surface area contributed by atoms with Gasteiger partial charge in [-0.25, -0.2) is 4.79 Å². The quantitative estimate of drug-likeness (QED) is 0.376. The molecule has 0 bridgehead atoms. The van der Waals surface area contributed by atoms with Crippen molar-refractivity contribution >= 4 is 5.97 Å². The van der Waals surface area contributed by atoms with Gasteiger partial charge in [0, 0.05) is 0 Å². The summed E-state index contributed by atoms with van der Waals surface area (Å²) in [5.74, 6) is -1.87. The number of esters is 1. The highest BCUT2D eigenvalue weighted by Crippen LogP contribution is 2.29. The van der Waals surface area contributed by atoms with E-state index in [1.54, 1.807) is 6.92 Å². The number of hydrogen-bond donors (Lipinski definition) is 5. The van der Waals surface area contributed by atoms with Crippen LogP contribution in [0.5, 0.6) is 11.5 Å². The Morgan fingerprint density at radius 2 is 1.81 bits per heavy atom. The number of aliphatic hydroxyl groups excluding tert-OH is 3. The van der Waals surface area contributed by atoms with Gasteiger partial charge in [0.25, 0.3) is 0 Å². The highest BCUT2D eigenvalue weighted by Gasteiger charge is 2.42. The van der Waals surface area contributed by atoms with Gasteiger partial charge < -0.3 is 30.3 Å². The Balaban J connectivity index is 2.14. The molecule has 0 aromatic heterocycles. The van der Waals surface area contributed by atoms with Gasteiger partial charge in [-0.15, -0.1) is 0 Å². The van der Waals surface area contributed by atoms with Crippen LogP contribution in [0.1, 0.15) is 23.7 Å². The van der Waals surface area contributed by atoms with E-state index in [1.807, 2.05) is 0 Å². The molecule has 5 atom stereocenters. The Kier molecular flexibility index (Phi) is 4.36. The second kappa shape index (κ2) is 5.88. The van der Waals surface area contributed by atoms with Crippen LogP contribution >= 0.6 is 0 Å². The molecule has 1 fully saturated rings. The number of aliphatic hydroxyl groups is 3. The lowest BCUT2D eigenvalue weighted by molar-refractivity contribution is -0.156. The Bertz CT molecular complexity index is 530. The Morgan fingerprint density at radius 3 is 2.48 bits per heavy atom. The lowest BCUT2D eigenvalue weighted by atomic mass is 9.82. The Morgan fingerprint density at radius 1 is 1.14 bits per heavy atom. The summed E-state index contributed by atoms with van der Waals surface area (Å²) < 4.78 is 5.08. The molecule has 0 radical (unpaired) electrons. The molecule has 0 heterocycles. The van der Waals surface area contributed by atoms with Crippen LogP contribution in [0.4, 0.5) is 0 Å². The second-order valence-electron chi connectivity index (χ2n) is 5.33. The molecule has 0 amide bonds. The Labute approximate surface area is 121 Å². The zero-order chi connectivity index (χ0) is 15.7. The van der Waals surface area contributed by atoms with Crippen LogP contribution < -0.4 is 0 Å². The molecule has 1 aliphatic carbocycles. The first-order valence-electron chi connectivity index (χ1n) is 6.58. The van der Waals surface area contributed by atoms with Gasteiger partial charge in [-0.2, -0.15) is 0 Å². The van der Waals surface area contributed by atoms with E-state index >= 15 is 0 Å². The van der Waals surface area contributed by atoms with Crippen molar-refractivity contribution in [2.24, 2.45) is 5.92 Å². The first-order chi connectivity index (χ1) is 9.81. The van der Waals surface area contributed by atoms with Crippen LogP contribution in [-0.4, -0.2) is 55.9 Å². The molecule has 0 aliphatic heterocycles. The minimum atomic E-state index is -1.42. The first-order valence-corrected chi connectivity index (χ1v) is 6.58. The molecular weight excluding hydrogens is 280 g/mol. The third kappa shape index (κ3) is 3.10. The van der Waals surface area contributed by atoms with Crippen LogP contribution in [0.15, 0.2) is 18.2 Å². The lowest BCUT2D eigenvalue weighted by Crippen LogP contribution is -2.54. The molecule has 1 saturated carbocycles. The summed E-state index contributed by atoms with van der Waals surface area (Å²) in [6, 6.07) is 3.40. The smallest absolute Gasteiger partial charge is 0.342 e. The molecule has 5 N–H and O–H groups in total. The highest BCUT2D eigenvalue weighted by atomic mass is 16.6. The van der Waals surface area contributed by atoms with Gasteiger partial charge in [0.1, 0.15) is 35.4 Å². The van der Waals surface area contributed by atoms with Crippen LogP contribution in [0.3, 0.4) is 0 Å². The third-order valence-electron chi connectivity index (χ3n) is 3.73. The summed E-state index contributed by atoms with van der Waals surface area (Å²) in [5.41, 5.74) is -0.240. The fraction of sp³-hybridized carbons (Fsp3) is 0.500. The molecule has 0 unspecified atom stereocenters. The minimum absolute atomic E-state index is 0.171. The van der Waals surface area contributed by atoms with Gasteiger partial charge >= 0.3 is 5.97 Å². The van der Waals surface area contributed by atoms with Crippen LogP contribution in [-0.2, 0) is 4.74 Å². The van der Waals surface area contributed by atoms with E-state index in [0.29, 0.717) is 0 Å². The number of hydrogen-bond acceptors (Lipinski definition) is 7. The molecule has 116 valence electrons. The van der Waals surface area contributed by atoms with Gasteiger partial charge in [0.05, 0.1) is 6.10 Å². The fourth-order valence-corrected chi connectivity index (χ4v) is 2.41. The number of carbonyl (C=O) groups is 1. The van der Waals surface area contributed by atoms with E-state index in [1.165, 1.54) is 6.07 Å². The number of phenols is 2. The van der Waals surface area contributed by atoms with E-state index in [2.05, 4.69) is 0 Å². The topological polar surface area (TPSA) is 127 Å². The number of carbonyl (C=O) groups excluding carboxylic acids is 1. The summed E-state index contributed by atoms with van der Waals surface area (Å²) in [4.78, 5) is 12.0. The van der Waals surface area contributed by atoms with Gasteiger partial charge in [-0.3, -0.25) is 0 Å². The number of aromatic hydroxyl groups is 2. The van der Waals surface area contributed by atoms with Crippen LogP contribution in [0, 0.1) is 5.92 Å². The monoisotopic (exact) mass is 298 g/mol. The maximum atomic E-state index is 12.0. The maximum Gasteiger partial charge on any atom is 0.342 e. The number of ether oxygens (including phenoxy) is 1. The molecule has 0 saturated heterocycles. The van der Waals surface area contributed by atoms with Crippen molar-refractivity contribution in [3.8, 4) is 11.5 Å². The molecule has 1 aromatic carbocycles. The zero-order valence-corrected chi connectivity index (χ0v) is 11.4. The number of benzene rings is 1. The van der Waals surface area contributed by atoms with Gasteiger partial charge in [0.2, 0.25) is 0 Å². The van der Waals surface area contributed by atoms with Crippen LogP contribution in [0.2, 0.25) is 0 Å². The molecular formula is C14H18O7. The van der Waals surface area contributed by atoms with Crippen molar-refractivity contribution in [1.29, 1.82) is 0 Å². The van der Waals surface area contributed by atoms with Gasteiger partial charge in [0.15, 0.2) is 0 Å². The van der Waals surface area contributed by atoms with Crippen molar-refractivity contribution in [2.45, 2.75) is 37.8 Å². The van der Waals surface area contributed by atoms with E-state index in [9.17, 15) is 30.3 Å². The molecule has 7 nitrogen and oxygen atoms in total. The van der Waals surface area contributed by atoms with Crippen molar-refractivity contribution in [3.63, 3.8) is 0 Å². The molecule has 7 heteroatoms. The van der Waals surface area contributed by atoms with Crippen molar-refractivity contribution in [3.05, 3.63) is 23.8 Å². The third-order valence-corrected chi connectivity index (χ3v) is 3.73. The normalized spacial score (nSPS) is 32.7. The van der Waals surface area contributed by atoms with E-state index < -0.39 is 30.4 Å². The summed E-state index contributed by atoms with van der Waals surface area (Å²) in [5, 5.41) is 48.1. The second-order valence-corrected chi connectivity index (χ2v) is 5.33. The molecule has 0 spiro atoms. The average molecular weight is 298 g/mol. The summed E-state index contributed by atoms with van der Waals surface area (Å²) in [6.07, 6.45) is -4.76. The SMILES string of the molecule is C[C@@H]1C[C@H](OC(=O)c2cc(O)ccc2O)[C@H](O)[C@H](O)[C@@H]1O. The van der Waals surface area contributed by atoms with Crippen LogP contribution in [0.25, 0.3) is 0 Å². The maximum absolute atomic E-state index is 12.0.